The number of allylic oxidation sites excluding steroid dienone is 4. The fraction of sp³-hybridized carbons (Fsp3) is 0.450. The van der Waals surface area contributed by atoms with Gasteiger partial charge in [-0.3, -0.25) is 9.39 Å². The molecule has 0 bridgehead atoms. The van der Waals surface area contributed by atoms with E-state index in [0.29, 0.717) is 12.0 Å². The first-order chi connectivity index (χ1) is 12.0. The molecule has 4 nitrogen and oxygen atoms in total. The summed E-state index contributed by atoms with van der Waals surface area (Å²) in [5.41, 5.74) is 4.64. The number of fused-ring (bicyclic) bond motifs is 1. The molecule has 0 saturated heterocycles. The van der Waals surface area contributed by atoms with Gasteiger partial charge in [0.2, 0.25) is 5.78 Å². The predicted octanol–water partition coefficient (Wildman–Crippen LogP) is 5.01. The molecule has 2 aromatic rings. The second-order valence-corrected chi connectivity index (χ2v) is 7.89. The van der Waals surface area contributed by atoms with Crippen LogP contribution in [0, 0.1) is 5.92 Å². The minimum atomic E-state index is 0.372. The molecule has 3 rings (SSSR count). The van der Waals surface area contributed by atoms with Gasteiger partial charge in [-0.25, -0.2) is 9.97 Å². The van der Waals surface area contributed by atoms with Crippen molar-refractivity contribution >= 4 is 28.2 Å². The topological polar surface area (TPSA) is 42.5 Å². The number of thioether (sulfide) groups is 1. The van der Waals surface area contributed by atoms with E-state index < -0.39 is 0 Å². The first kappa shape index (κ1) is 17.9. The smallest absolute Gasteiger partial charge is 0.234 e. The molecule has 1 unspecified atom stereocenters. The van der Waals surface area contributed by atoms with Crippen molar-refractivity contribution < 1.29 is 0 Å². The van der Waals surface area contributed by atoms with Crippen LogP contribution < -0.4 is 0 Å². The molecule has 0 aliphatic carbocycles. The lowest BCUT2D eigenvalue weighted by Crippen LogP contribution is -1.94. The highest BCUT2D eigenvalue weighted by atomic mass is 32.2. The fourth-order valence-electron chi connectivity index (χ4n) is 2.64. The van der Waals surface area contributed by atoms with E-state index in [1.165, 1.54) is 11.1 Å². The Kier molecular flexibility index (Phi) is 5.42. The maximum absolute atomic E-state index is 4.65. The van der Waals surface area contributed by atoms with Crippen LogP contribution >= 0.6 is 11.8 Å². The zero-order valence-electron chi connectivity index (χ0n) is 15.7. The van der Waals surface area contributed by atoms with Crippen molar-refractivity contribution in [1.29, 1.82) is 0 Å². The van der Waals surface area contributed by atoms with Crippen LogP contribution in [0.5, 0.6) is 0 Å². The quantitative estimate of drug-likeness (QED) is 0.709. The highest BCUT2D eigenvalue weighted by molar-refractivity contribution is 8.14. The minimum Gasteiger partial charge on any atom is -0.290 e. The number of rotatable bonds is 5. The van der Waals surface area contributed by atoms with E-state index in [2.05, 4.69) is 67.9 Å². The lowest BCUT2D eigenvalue weighted by molar-refractivity contribution is 0.770. The molecule has 0 fully saturated rings. The number of aliphatic imine (C=N–C) groups is 1. The minimum absolute atomic E-state index is 0.372. The van der Waals surface area contributed by atoms with Gasteiger partial charge in [0, 0.05) is 29.9 Å². The summed E-state index contributed by atoms with van der Waals surface area (Å²) in [6, 6.07) is 0.372. The summed E-state index contributed by atoms with van der Waals surface area (Å²) >= 11 is 1.77. The van der Waals surface area contributed by atoms with Crippen LogP contribution in [-0.2, 0) is 0 Å². The third-order valence-corrected chi connectivity index (χ3v) is 5.62. The van der Waals surface area contributed by atoms with E-state index in [0.717, 1.165) is 34.3 Å². The number of nitrogens with zero attached hydrogens (tertiary/aromatic N) is 4. The largest absolute Gasteiger partial charge is 0.290 e. The monoisotopic (exact) mass is 354 g/mol. The molecule has 1 atom stereocenters. The molecule has 1 aliphatic rings. The van der Waals surface area contributed by atoms with E-state index in [4.69, 9.17) is 0 Å². The highest BCUT2D eigenvalue weighted by Gasteiger charge is 2.18. The highest BCUT2D eigenvalue weighted by Crippen LogP contribution is 2.24. The van der Waals surface area contributed by atoms with Crippen LogP contribution in [-0.4, -0.2) is 31.2 Å². The third-order valence-electron chi connectivity index (χ3n) is 4.38. The third kappa shape index (κ3) is 4.03. The molecule has 0 spiro atoms. The predicted molar refractivity (Wildman–Crippen MR) is 108 cm³/mol. The Morgan fingerprint density at radius 1 is 1.40 bits per heavy atom. The van der Waals surface area contributed by atoms with Gasteiger partial charge in [0.05, 0.1) is 6.04 Å². The van der Waals surface area contributed by atoms with Crippen LogP contribution in [0.15, 0.2) is 41.3 Å². The molecule has 132 valence electrons. The van der Waals surface area contributed by atoms with E-state index in [1.807, 2.05) is 16.8 Å². The lowest BCUT2D eigenvalue weighted by atomic mass is 9.99. The van der Waals surface area contributed by atoms with Crippen LogP contribution in [0.25, 0.3) is 11.4 Å². The molecule has 0 amide bonds. The Morgan fingerprint density at radius 3 is 2.84 bits per heavy atom. The SMILES string of the molecule is CC/C=C(\C=C(\C)C(C)C)c1cnc2nc(C3=NC(C)CS3)cn2c1. The maximum atomic E-state index is 4.65. The van der Waals surface area contributed by atoms with Gasteiger partial charge in [-0.1, -0.05) is 38.5 Å². The molecular weight excluding hydrogens is 328 g/mol. The van der Waals surface area contributed by atoms with Gasteiger partial charge in [0.25, 0.3) is 0 Å². The fourth-order valence-corrected chi connectivity index (χ4v) is 3.62. The molecule has 0 radical (unpaired) electrons. The molecule has 5 heteroatoms. The average Bonchev–Trinajstić information content (AvgIpc) is 3.19. The first-order valence-electron chi connectivity index (χ1n) is 8.92. The molecular formula is C20H26N4S. The lowest BCUT2D eigenvalue weighted by Gasteiger charge is -2.08. The van der Waals surface area contributed by atoms with Gasteiger partial charge in [-0.05, 0) is 31.8 Å². The zero-order valence-corrected chi connectivity index (χ0v) is 16.5. The second kappa shape index (κ2) is 7.56. The number of hydrogen-bond donors (Lipinski definition) is 0. The van der Waals surface area contributed by atoms with Gasteiger partial charge >= 0.3 is 0 Å². The molecule has 3 heterocycles. The average molecular weight is 355 g/mol. The van der Waals surface area contributed by atoms with Crippen LogP contribution in [0.4, 0.5) is 0 Å². The van der Waals surface area contributed by atoms with E-state index in [9.17, 15) is 0 Å². The maximum Gasteiger partial charge on any atom is 0.234 e. The van der Waals surface area contributed by atoms with Crippen molar-refractivity contribution in [2.75, 3.05) is 5.75 Å². The molecule has 1 aliphatic heterocycles. The van der Waals surface area contributed by atoms with Crippen LogP contribution in [0.1, 0.15) is 52.3 Å². The van der Waals surface area contributed by atoms with Crippen molar-refractivity contribution in [2.45, 2.75) is 47.1 Å². The van der Waals surface area contributed by atoms with E-state index in [-0.39, 0.29) is 0 Å². The van der Waals surface area contributed by atoms with Gasteiger partial charge in [0.15, 0.2) is 0 Å². The number of imidazole rings is 1. The van der Waals surface area contributed by atoms with Gasteiger partial charge in [0.1, 0.15) is 10.7 Å². The summed E-state index contributed by atoms with van der Waals surface area (Å²) in [6.45, 7) is 10.9. The summed E-state index contributed by atoms with van der Waals surface area (Å²) < 4.78 is 2.01. The van der Waals surface area contributed by atoms with Crippen molar-refractivity contribution in [2.24, 2.45) is 10.9 Å². The summed E-state index contributed by atoms with van der Waals surface area (Å²) in [5, 5.41) is 1.03. The van der Waals surface area contributed by atoms with Crippen LogP contribution in [0.2, 0.25) is 0 Å². The standard InChI is InChI=1S/C20H26N4S/c1-6-7-16(8-14(4)13(2)3)17-9-21-20-23-18(11-24(20)10-17)19-22-15(5)12-25-19/h7-11,13,15H,6,12H2,1-5H3/b14-8-,16-7+. The molecule has 0 aromatic carbocycles. The summed E-state index contributed by atoms with van der Waals surface area (Å²) in [5.74, 6) is 2.29. The second-order valence-electron chi connectivity index (χ2n) is 6.88. The number of aromatic nitrogens is 3. The summed E-state index contributed by atoms with van der Waals surface area (Å²) in [7, 11) is 0. The van der Waals surface area contributed by atoms with E-state index in [1.54, 1.807) is 11.8 Å². The zero-order chi connectivity index (χ0) is 18.0. The Labute approximate surface area is 154 Å². The van der Waals surface area contributed by atoms with Crippen molar-refractivity contribution in [3.8, 4) is 0 Å². The Hall–Kier alpha value is -1.88. The Bertz CT molecular complexity index is 858. The normalized spacial score (nSPS) is 19.1. The van der Waals surface area contributed by atoms with Gasteiger partial charge < -0.3 is 0 Å². The Balaban J connectivity index is 1.98. The summed E-state index contributed by atoms with van der Waals surface area (Å²) in [4.78, 5) is 13.8. The van der Waals surface area contributed by atoms with E-state index >= 15 is 0 Å². The van der Waals surface area contributed by atoms with Crippen LogP contribution in [0.3, 0.4) is 0 Å². The molecule has 0 saturated carbocycles. The molecule has 2 aromatic heterocycles. The number of hydrogen-bond acceptors (Lipinski definition) is 4. The van der Waals surface area contributed by atoms with Crippen molar-refractivity contribution in [3.63, 3.8) is 0 Å². The summed E-state index contributed by atoms with van der Waals surface area (Å²) in [6.07, 6.45) is 11.6. The molecule has 0 N–H and O–H groups in total. The van der Waals surface area contributed by atoms with Crippen molar-refractivity contribution in [3.05, 3.63) is 47.6 Å². The van der Waals surface area contributed by atoms with Gasteiger partial charge in [-0.2, -0.15) is 0 Å². The Morgan fingerprint density at radius 2 is 2.20 bits per heavy atom. The van der Waals surface area contributed by atoms with Gasteiger partial charge in [-0.15, -0.1) is 11.8 Å². The van der Waals surface area contributed by atoms with Crippen molar-refractivity contribution in [1.82, 2.24) is 14.4 Å². The first-order valence-corrected chi connectivity index (χ1v) is 9.91. The molecule has 25 heavy (non-hydrogen) atoms.